The average molecular weight is 271 g/mol. The van der Waals surface area contributed by atoms with Gasteiger partial charge in [0, 0.05) is 32.0 Å². The van der Waals surface area contributed by atoms with E-state index in [-0.39, 0.29) is 0 Å². The predicted octanol–water partition coefficient (Wildman–Crippen LogP) is 1.74. The molecule has 1 aliphatic carbocycles. The molecule has 0 aromatic carbocycles. The van der Waals surface area contributed by atoms with Gasteiger partial charge in [-0.2, -0.15) is 0 Å². The van der Waals surface area contributed by atoms with Crippen LogP contribution in [0.15, 0.2) is 24.5 Å². The van der Waals surface area contributed by atoms with Crippen LogP contribution < -0.4 is 0 Å². The first-order chi connectivity index (χ1) is 9.88. The average Bonchev–Trinajstić information content (AvgIpc) is 3.05. The van der Waals surface area contributed by atoms with Crippen molar-refractivity contribution in [2.75, 3.05) is 13.1 Å². The van der Waals surface area contributed by atoms with Crippen LogP contribution in [-0.4, -0.2) is 37.3 Å². The van der Waals surface area contributed by atoms with Gasteiger partial charge in [0.25, 0.3) is 0 Å². The molecule has 0 spiro atoms. The minimum absolute atomic E-state index is 0.822. The molecule has 20 heavy (non-hydrogen) atoms. The maximum absolute atomic E-state index is 4.43. The Hall–Kier alpha value is -1.62. The first-order valence-electron chi connectivity index (χ1n) is 7.62. The normalized spacial score (nSPS) is 19.8. The number of rotatable bonds is 4. The molecule has 0 N–H and O–H groups in total. The molecule has 3 heterocycles. The Balaban J connectivity index is 1.51. The van der Waals surface area contributed by atoms with E-state index in [9.17, 15) is 0 Å². The molecule has 1 fully saturated rings. The van der Waals surface area contributed by atoms with Gasteiger partial charge in [0.1, 0.15) is 5.82 Å². The highest BCUT2D eigenvalue weighted by atomic mass is 15.3. The molecule has 106 valence electrons. The van der Waals surface area contributed by atoms with Gasteiger partial charge >= 0.3 is 0 Å². The van der Waals surface area contributed by atoms with Gasteiger partial charge in [-0.3, -0.25) is 4.90 Å². The van der Waals surface area contributed by atoms with Gasteiger partial charge in [-0.15, -0.1) is 10.2 Å². The fourth-order valence-electron chi connectivity index (χ4n) is 3.06. The van der Waals surface area contributed by atoms with Crippen LogP contribution in [0.2, 0.25) is 0 Å². The summed E-state index contributed by atoms with van der Waals surface area (Å²) in [5.74, 6) is 3.18. The number of hydrogen-bond donors (Lipinski definition) is 0. The summed E-state index contributed by atoms with van der Waals surface area (Å²) in [6, 6.07) is 4.11. The first-order valence-corrected chi connectivity index (χ1v) is 7.62. The highest BCUT2D eigenvalue weighted by Crippen LogP contribution is 2.30. The Morgan fingerprint density at radius 2 is 1.95 bits per heavy atom. The lowest BCUT2D eigenvalue weighted by molar-refractivity contribution is 0.255. The summed E-state index contributed by atoms with van der Waals surface area (Å²) in [5, 5.41) is 8.84. The Labute approximate surface area is 119 Å². The summed E-state index contributed by atoms with van der Waals surface area (Å²) in [4.78, 5) is 2.56. The Bertz CT molecular complexity index is 567. The third-order valence-electron chi connectivity index (χ3n) is 4.33. The van der Waals surface area contributed by atoms with Crippen molar-refractivity contribution in [2.24, 2.45) is 5.92 Å². The van der Waals surface area contributed by atoms with Crippen LogP contribution in [-0.2, 0) is 19.6 Å². The molecule has 4 rings (SSSR count). The zero-order chi connectivity index (χ0) is 13.4. The van der Waals surface area contributed by atoms with E-state index < -0.39 is 0 Å². The third-order valence-corrected chi connectivity index (χ3v) is 4.33. The lowest BCUT2D eigenvalue weighted by Gasteiger charge is -2.18. The van der Waals surface area contributed by atoms with Crippen molar-refractivity contribution < 1.29 is 0 Å². The summed E-state index contributed by atoms with van der Waals surface area (Å²) < 4.78 is 4.48. The SMILES string of the molecule is c1ccn(Cc2nnc3n2CCCN(CC2CC2)C3)c1. The van der Waals surface area contributed by atoms with E-state index >= 15 is 0 Å². The van der Waals surface area contributed by atoms with Crippen molar-refractivity contribution in [2.45, 2.75) is 38.9 Å². The maximum atomic E-state index is 4.43. The van der Waals surface area contributed by atoms with E-state index in [2.05, 4.69) is 48.8 Å². The van der Waals surface area contributed by atoms with Crippen LogP contribution in [0.3, 0.4) is 0 Å². The van der Waals surface area contributed by atoms with Gasteiger partial charge in [0.2, 0.25) is 0 Å². The summed E-state index contributed by atoms with van der Waals surface area (Å²) in [6.07, 6.45) is 8.20. The van der Waals surface area contributed by atoms with E-state index in [1.54, 1.807) is 0 Å². The third kappa shape index (κ3) is 2.50. The molecule has 0 unspecified atom stereocenters. The van der Waals surface area contributed by atoms with E-state index in [4.69, 9.17) is 0 Å². The molecule has 0 bridgehead atoms. The maximum Gasteiger partial charge on any atom is 0.153 e. The molecule has 2 aromatic heterocycles. The predicted molar refractivity (Wildman–Crippen MR) is 76.2 cm³/mol. The van der Waals surface area contributed by atoms with Crippen LogP contribution in [0.1, 0.15) is 30.9 Å². The minimum atomic E-state index is 0.822. The van der Waals surface area contributed by atoms with Crippen molar-refractivity contribution in [3.63, 3.8) is 0 Å². The number of aromatic nitrogens is 4. The lowest BCUT2D eigenvalue weighted by atomic mass is 10.3. The standard InChI is InChI=1S/C15H21N5/c1-2-7-18(6-1)11-14-16-17-15-12-19(10-13-4-5-13)8-3-9-20(14)15/h1-2,6-7,13H,3-5,8-12H2. The zero-order valence-corrected chi connectivity index (χ0v) is 11.8. The summed E-state index contributed by atoms with van der Waals surface area (Å²) in [6.45, 7) is 5.29. The second-order valence-electron chi connectivity index (χ2n) is 6.07. The van der Waals surface area contributed by atoms with E-state index in [0.29, 0.717) is 0 Å². The van der Waals surface area contributed by atoms with Crippen LogP contribution in [0.4, 0.5) is 0 Å². The molecule has 1 aliphatic heterocycles. The molecule has 5 nitrogen and oxygen atoms in total. The van der Waals surface area contributed by atoms with Crippen molar-refractivity contribution in [3.05, 3.63) is 36.2 Å². The molecule has 2 aromatic rings. The topological polar surface area (TPSA) is 38.9 Å². The second kappa shape index (κ2) is 5.05. The van der Waals surface area contributed by atoms with Gasteiger partial charge in [0.05, 0.1) is 13.1 Å². The highest BCUT2D eigenvalue weighted by molar-refractivity contribution is 5.01. The molecular formula is C15H21N5. The van der Waals surface area contributed by atoms with E-state index in [1.165, 1.54) is 32.4 Å². The molecule has 2 aliphatic rings. The van der Waals surface area contributed by atoms with Gasteiger partial charge in [0.15, 0.2) is 5.82 Å². The smallest absolute Gasteiger partial charge is 0.153 e. The molecule has 0 atom stereocenters. The fraction of sp³-hybridized carbons (Fsp3) is 0.600. The minimum Gasteiger partial charge on any atom is -0.347 e. The van der Waals surface area contributed by atoms with Gasteiger partial charge in [-0.25, -0.2) is 0 Å². The molecule has 5 heteroatoms. The largest absolute Gasteiger partial charge is 0.347 e. The molecule has 0 radical (unpaired) electrons. The Morgan fingerprint density at radius 3 is 2.75 bits per heavy atom. The Kier molecular flexibility index (Phi) is 3.07. The number of fused-ring (bicyclic) bond motifs is 1. The first kappa shape index (κ1) is 12.1. The molecular weight excluding hydrogens is 250 g/mol. The quantitative estimate of drug-likeness (QED) is 0.850. The lowest BCUT2D eigenvalue weighted by Crippen LogP contribution is -2.25. The van der Waals surface area contributed by atoms with Crippen molar-refractivity contribution >= 4 is 0 Å². The van der Waals surface area contributed by atoms with E-state index in [0.717, 1.165) is 37.2 Å². The molecule has 0 amide bonds. The van der Waals surface area contributed by atoms with Crippen LogP contribution in [0.5, 0.6) is 0 Å². The highest BCUT2D eigenvalue weighted by Gasteiger charge is 2.26. The Morgan fingerprint density at radius 1 is 1.10 bits per heavy atom. The number of hydrogen-bond acceptors (Lipinski definition) is 3. The summed E-state index contributed by atoms with van der Waals surface area (Å²) >= 11 is 0. The van der Waals surface area contributed by atoms with Crippen LogP contribution in [0, 0.1) is 5.92 Å². The van der Waals surface area contributed by atoms with Gasteiger partial charge in [-0.05, 0) is 37.3 Å². The van der Waals surface area contributed by atoms with Crippen LogP contribution in [0.25, 0.3) is 0 Å². The van der Waals surface area contributed by atoms with E-state index in [1.807, 2.05) is 0 Å². The van der Waals surface area contributed by atoms with Crippen molar-refractivity contribution in [1.82, 2.24) is 24.2 Å². The van der Waals surface area contributed by atoms with Gasteiger partial charge < -0.3 is 9.13 Å². The monoisotopic (exact) mass is 271 g/mol. The molecule has 0 saturated heterocycles. The van der Waals surface area contributed by atoms with Crippen molar-refractivity contribution in [1.29, 1.82) is 0 Å². The number of nitrogens with zero attached hydrogens (tertiary/aromatic N) is 5. The van der Waals surface area contributed by atoms with Crippen LogP contribution >= 0.6 is 0 Å². The summed E-state index contributed by atoms with van der Waals surface area (Å²) in [7, 11) is 0. The second-order valence-corrected chi connectivity index (χ2v) is 6.07. The van der Waals surface area contributed by atoms with Crippen molar-refractivity contribution in [3.8, 4) is 0 Å². The fourth-order valence-corrected chi connectivity index (χ4v) is 3.06. The summed E-state index contributed by atoms with van der Waals surface area (Å²) in [5.41, 5.74) is 0. The van der Waals surface area contributed by atoms with Gasteiger partial charge in [-0.1, -0.05) is 0 Å². The zero-order valence-electron chi connectivity index (χ0n) is 11.8. The molecule has 1 saturated carbocycles.